The van der Waals surface area contributed by atoms with Crippen molar-refractivity contribution in [2.75, 3.05) is 5.32 Å². The molecule has 0 aliphatic rings. The van der Waals surface area contributed by atoms with Gasteiger partial charge in [-0.15, -0.1) is 0 Å². The van der Waals surface area contributed by atoms with Crippen molar-refractivity contribution >= 4 is 23.0 Å². The van der Waals surface area contributed by atoms with Gasteiger partial charge in [0, 0.05) is 12.4 Å². The van der Waals surface area contributed by atoms with Crippen LogP contribution in [0.1, 0.15) is 17.2 Å². The summed E-state index contributed by atoms with van der Waals surface area (Å²) in [5, 5.41) is 6.51. The highest BCUT2D eigenvalue weighted by atomic mass is 32.1. The van der Waals surface area contributed by atoms with Gasteiger partial charge in [-0.25, -0.2) is 4.39 Å². The van der Waals surface area contributed by atoms with Crippen molar-refractivity contribution in [3.63, 3.8) is 0 Å². The number of pyridine rings is 1. The van der Waals surface area contributed by atoms with Gasteiger partial charge in [-0.1, -0.05) is 42.5 Å². The molecule has 0 aliphatic heterocycles. The molecule has 0 fully saturated rings. The molecule has 120 valence electrons. The van der Waals surface area contributed by atoms with Crippen LogP contribution in [0.2, 0.25) is 0 Å². The minimum absolute atomic E-state index is 0.152. The molecule has 3 rings (SSSR count). The maximum Gasteiger partial charge on any atom is 0.171 e. The first kappa shape index (κ1) is 16.1. The van der Waals surface area contributed by atoms with E-state index in [1.54, 1.807) is 30.6 Å². The Morgan fingerprint density at radius 3 is 2.21 bits per heavy atom. The molecular weight excluding hydrogens is 321 g/mol. The highest BCUT2D eigenvalue weighted by Crippen LogP contribution is 2.22. The highest BCUT2D eigenvalue weighted by molar-refractivity contribution is 7.80. The molecule has 0 saturated heterocycles. The van der Waals surface area contributed by atoms with Crippen LogP contribution in [-0.2, 0) is 0 Å². The smallest absolute Gasteiger partial charge is 0.171 e. The van der Waals surface area contributed by atoms with E-state index in [4.69, 9.17) is 12.2 Å². The van der Waals surface area contributed by atoms with Crippen LogP contribution in [-0.4, -0.2) is 10.1 Å². The van der Waals surface area contributed by atoms with Crippen molar-refractivity contribution in [2.24, 2.45) is 0 Å². The van der Waals surface area contributed by atoms with Gasteiger partial charge in [0.1, 0.15) is 5.82 Å². The van der Waals surface area contributed by atoms with Crippen molar-refractivity contribution in [1.82, 2.24) is 10.3 Å². The zero-order valence-electron chi connectivity index (χ0n) is 12.8. The Labute approximate surface area is 145 Å². The molecule has 2 aromatic carbocycles. The SMILES string of the molecule is Fc1ccccc1NC(=S)N[C@@H](c1ccccc1)c1ccncc1. The summed E-state index contributed by atoms with van der Waals surface area (Å²) in [7, 11) is 0. The summed E-state index contributed by atoms with van der Waals surface area (Å²) < 4.78 is 13.8. The summed E-state index contributed by atoms with van der Waals surface area (Å²) in [6.07, 6.45) is 3.47. The monoisotopic (exact) mass is 337 g/mol. The van der Waals surface area contributed by atoms with Gasteiger partial charge in [-0.2, -0.15) is 0 Å². The number of anilines is 1. The molecule has 0 spiro atoms. The number of rotatable bonds is 4. The molecule has 0 bridgehead atoms. The van der Waals surface area contributed by atoms with E-state index in [1.165, 1.54) is 6.07 Å². The molecule has 0 amide bonds. The second kappa shape index (κ2) is 7.66. The standard InChI is InChI=1S/C19H16FN3S/c20-16-8-4-5-9-17(16)22-19(24)23-18(14-6-2-1-3-7-14)15-10-12-21-13-11-15/h1-13,18H,(H2,22,23,24)/t18-/m0/s1. The predicted molar refractivity (Wildman–Crippen MR) is 98.3 cm³/mol. The Kier molecular flexibility index (Phi) is 5.13. The molecule has 24 heavy (non-hydrogen) atoms. The van der Waals surface area contributed by atoms with Gasteiger partial charge in [0.05, 0.1) is 11.7 Å². The number of hydrogen-bond donors (Lipinski definition) is 2. The van der Waals surface area contributed by atoms with E-state index in [1.807, 2.05) is 42.5 Å². The summed E-state index contributed by atoms with van der Waals surface area (Å²) in [5.74, 6) is -0.346. The molecule has 1 aromatic heterocycles. The molecule has 5 heteroatoms. The predicted octanol–water partition coefficient (Wildman–Crippen LogP) is 4.30. The van der Waals surface area contributed by atoms with Crippen LogP contribution in [0.5, 0.6) is 0 Å². The molecule has 2 N–H and O–H groups in total. The van der Waals surface area contributed by atoms with Crippen LogP contribution < -0.4 is 10.6 Å². The fourth-order valence-corrected chi connectivity index (χ4v) is 2.64. The molecule has 3 nitrogen and oxygen atoms in total. The van der Waals surface area contributed by atoms with E-state index in [0.717, 1.165) is 11.1 Å². The number of para-hydroxylation sites is 1. The van der Waals surface area contributed by atoms with Crippen LogP contribution in [0, 0.1) is 5.82 Å². The normalized spacial score (nSPS) is 11.5. The average Bonchev–Trinajstić information content (AvgIpc) is 2.63. The maximum atomic E-state index is 13.8. The van der Waals surface area contributed by atoms with Crippen molar-refractivity contribution < 1.29 is 4.39 Å². The molecule has 0 unspecified atom stereocenters. The van der Waals surface area contributed by atoms with Gasteiger partial charge in [-0.05, 0) is 47.6 Å². The van der Waals surface area contributed by atoms with Crippen LogP contribution in [0.3, 0.4) is 0 Å². The van der Waals surface area contributed by atoms with Gasteiger partial charge in [0.15, 0.2) is 5.11 Å². The lowest BCUT2D eigenvalue weighted by Gasteiger charge is -2.22. The topological polar surface area (TPSA) is 37.0 Å². The lowest BCUT2D eigenvalue weighted by atomic mass is 10.00. The molecule has 1 atom stereocenters. The van der Waals surface area contributed by atoms with E-state index in [9.17, 15) is 4.39 Å². The second-order valence-corrected chi connectivity index (χ2v) is 5.61. The molecule has 0 aliphatic carbocycles. The third kappa shape index (κ3) is 3.94. The molecule has 3 aromatic rings. The number of thiocarbonyl (C=S) groups is 1. The summed E-state index contributed by atoms with van der Waals surface area (Å²) >= 11 is 5.37. The fraction of sp³-hybridized carbons (Fsp3) is 0.0526. The molecule has 1 heterocycles. The van der Waals surface area contributed by atoms with Crippen molar-refractivity contribution in [2.45, 2.75) is 6.04 Å². The Morgan fingerprint density at radius 2 is 1.50 bits per heavy atom. The molecular formula is C19H16FN3S. The lowest BCUT2D eigenvalue weighted by Crippen LogP contribution is -2.33. The zero-order valence-corrected chi connectivity index (χ0v) is 13.6. The molecule has 0 saturated carbocycles. The number of nitrogens with one attached hydrogen (secondary N) is 2. The Bertz CT molecular complexity index is 770. The number of hydrogen-bond acceptors (Lipinski definition) is 2. The van der Waals surface area contributed by atoms with Crippen LogP contribution in [0.4, 0.5) is 10.1 Å². The van der Waals surface area contributed by atoms with E-state index in [-0.39, 0.29) is 11.9 Å². The van der Waals surface area contributed by atoms with E-state index in [0.29, 0.717) is 10.8 Å². The third-order valence-electron chi connectivity index (χ3n) is 3.57. The zero-order chi connectivity index (χ0) is 16.8. The number of nitrogens with zero attached hydrogens (tertiary/aromatic N) is 1. The Morgan fingerprint density at radius 1 is 0.875 bits per heavy atom. The second-order valence-electron chi connectivity index (χ2n) is 5.20. The average molecular weight is 337 g/mol. The van der Waals surface area contributed by atoms with Crippen molar-refractivity contribution in [3.05, 3.63) is 96.1 Å². The van der Waals surface area contributed by atoms with Crippen molar-refractivity contribution in [1.29, 1.82) is 0 Å². The minimum atomic E-state index is -0.346. The van der Waals surface area contributed by atoms with Crippen LogP contribution >= 0.6 is 12.2 Å². The Hall–Kier alpha value is -2.79. The summed E-state index contributed by atoms with van der Waals surface area (Å²) in [4.78, 5) is 4.05. The highest BCUT2D eigenvalue weighted by Gasteiger charge is 2.15. The number of benzene rings is 2. The lowest BCUT2D eigenvalue weighted by molar-refractivity contribution is 0.632. The quantitative estimate of drug-likeness (QED) is 0.696. The van der Waals surface area contributed by atoms with Gasteiger partial charge in [0.25, 0.3) is 0 Å². The first-order valence-electron chi connectivity index (χ1n) is 7.51. The van der Waals surface area contributed by atoms with Gasteiger partial charge < -0.3 is 10.6 Å². The summed E-state index contributed by atoms with van der Waals surface area (Å²) in [6.45, 7) is 0. The van der Waals surface area contributed by atoms with Gasteiger partial charge >= 0.3 is 0 Å². The number of halogens is 1. The van der Waals surface area contributed by atoms with E-state index >= 15 is 0 Å². The fourth-order valence-electron chi connectivity index (χ4n) is 2.41. The summed E-state index contributed by atoms with van der Waals surface area (Å²) in [6, 6.07) is 20.1. The number of aromatic nitrogens is 1. The van der Waals surface area contributed by atoms with Gasteiger partial charge in [0.2, 0.25) is 0 Å². The van der Waals surface area contributed by atoms with Crippen molar-refractivity contribution in [3.8, 4) is 0 Å². The van der Waals surface area contributed by atoms with Gasteiger partial charge in [-0.3, -0.25) is 4.98 Å². The Balaban J connectivity index is 1.82. The van der Waals surface area contributed by atoms with E-state index < -0.39 is 0 Å². The van der Waals surface area contributed by atoms with Crippen LogP contribution in [0.25, 0.3) is 0 Å². The van der Waals surface area contributed by atoms with E-state index in [2.05, 4.69) is 15.6 Å². The first-order chi connectivity index (χ1) is 11.7. The first-order valence-corrected chi connectivity index (χ1v) is 7.92. The van der Waals surface area contributed by atoms with Crippen LogP contribution in [0.15, 0.2) is 79.1 Å². The third-order valence-corrected chi connectivity index (χ3v) is 3.79. The largest absolute Gasteiger partial charge is 0.352 e. The minimum Gasteiger partial charge on any atom is -0.352 e. The molecule has 0 radical (unpaired) electrons. The summed E-state index contributed by atoms with van der Waals surface area (Å²) in [5.41, 5.74) is 2.42. The maximum absolute atomic E-state index is 13.8.